The summed E-state index contributed by atoms with van der Waals surface area (Å²) in [4.78, 5) is 2.79. The summed E-state index contributed by atoms with van der Waals surface area (Å²) in [5.41, 5.74) is 3.66. The van der Waals surface area contributed by atoms with Crippen molar-refractivity contribution in [3.05, 3.63) is 53.3 Å². The first-order chi connectivity index (χ1) is 13.0. The Hall–Kier alpha value is -1.63. The highest BCUT2D eigenvalue weighted by Crippen LogP contribution is 2.27. The molecule has 2 heterocycles. The van der Waals surface area contributed by atoms with Crippen LogP contribution in [0.15, 0.2) is 41.4 Å². The van der Waals surface area contributed by atoms with Gasteiger partial charge in [-0.15, -0.1) is 0 Å². The SMILES string of the molecule is Cn1cccc1C(CNS(=O)(=O)c1ccc2c(c1)CCCC2)N1CCCC1. The minimum Gasteiger partial charge on any atom is -0.353 e. The number of hydrogen-bond acceptors (Lipinski definition) is 3. The molecular weight excluding hydrogens is 358 g/mol. The summed E-state index contributed by atoms with van der Waals surface area (Å²) in [6, 6.07) is 9.83. The van der Waals surface area contributed by atoms with Gasteiger partial charge in [-0.1, -0.05) is 6.07 Å². The van der Waals surface area contributed by atoms with Crippen molar-refractivity contribution in [2.45, 2.75) is 49.5 Å². The van der Waals surface area contributed by atoms with Crippen LogP contribution in [0.3, 0.4) is 0 Å². The zero-order valence-corrected chi connectivity index (χ0v) is 16.8. The summed E-state index contributed by atoms with van der Waals surface area (Å²) in [7, 11) is -1.48. The predicted molar refractivity (Wildman–Crippen MR) is 107 cm³/mol. The number of fused-ring (bicyclic) bond motifs is 1. The Balaban J connectivity index is 1.53. The maximum absolute atomic E-state index is 13.0. The Morgan fingerprint density at radius 2 is 1.78 bits per heavy atom. The largest absolute Gasteiger partial charge is 0.353 e. The van der Waals surface area contributed by atoms with Crippen molar-refractivity contribution in [3.63, 3.8) is 0 Å². The predicted octanol–water partition coefficient (Wildman–Crippen LogP) is 3.02. The van der Waals surface area contributed by atoms with E-state index >= 15 is 0 Å². The average molecular weight is 388 g/mol. The lowest BCUT2D eigenvalue weighted by molar-refractivity contribution is 0.238. The molecule has 0 bridgehead atoms. The van der Waals surface area contributed by atoms with E-state index in [1.54, 1.807) is 6.07 Å². The highest BCUT2D eigenvalue weighted by atomic mass is 32.2. The second-order valence-electron chi connectivity index (χ2n) is 7.79. The number of nitrogens with one attached hydrogen (secondary N) is 1. The third kappa shape index (κ3) is 3.98. The van der Waals surface area contributed by atoms with Gasteiger partial charge in [-0.05, 0) is 87.0 Å². The van der Waals surface area contributed by atoms with Crippen molar-refractivity contribution in [1.29, 1.82) is 0 Å². The van der Waals surface area contributed by atoms with Gasteiger partial charge in [0.1, 0.15) is 0 Å². The minimum atomic E-state index is -3.51. The Kier molecular flexibility index (Phi) is 5.39. The van der Waals surface area contributed by atoms with Crippen LogP contribution in [-0.2, 0) is 29.9 Å². The van der Waals surface area contributed by atoms with Gasteiger partial charge < -0.3 is 4.57 Å². The van der Waals surface area contributed by atoms with Crippen molar-refractivity contribution < 1.29 is 8.42 Å². The standard InChI is InChI=1S/C21H29N3O2S/c1-23-12-6-9-20(23)21(24-13-4-5-14-24)16-22-27(25,26)19-11-10-17-7-2-3-8-18(17)15-19/h6,9-12,15,21-22H,2-5,7-8,13-14,16H2,1H3. The van der Waals surface area contributed by atoms with Crippen LogP contribution < -0.4 is 4.72 Å². The summed E-state index contributed by atoms with van der Waals surface area (Å²) in [6.45, 7) is 2.45. The molecule has 0 amide bonds. The first-order valence-electron chi connectivity index (χ1n) is 10.0. The van der Waals surface area contributed by atoms with E-state index in [0.29, 0.717) is 11.4 Å². The highest BCUT2D eigenvalue weighted by Gasteiger charge is 2.27. The van der Waals surface area contributed by atoms with Crippen molar-refractivity contribution >= 4 is 10.0 Å². The van der Waals surface area contributed by atoms with Crippen LogP contribution in [0.2, 0.25) is 0 Å². The number of aromatic nitrogens is 1. The van der Waals surface area contributed by atoms with Gasteiger partial charge in [0.05, 0.1) is 10.9 Å². The van der Waals surface area contributed by atoms with E-state index in [9.17, 15) is 8.42 Å². The molecule has 2 aromatic rings. The molecule has 5 nitrogen and oxygen atoms in total. The quantitative estimate of drug-likeness (QED) is 0.829. The molecule has 4 rings (SSSR count). The van der Waals surface area contributed by atoms with Gasteiger partial charge in [-0.25, -0.2) is 13.1 Å². The van der Waals surface area contributed by atoms with Gasteiger partial charge >= 0.3 is 0 Å². The molecule has 0 saturated carbocycles. The molecule has 1 aromatic heterocycles. The van der Waals surface area contributed by atoms with Crippen LogP contribution in [0.25, 0.3) is 0 Å². The minimum absolute atomic E-state index is 0.0694. The highest BCUT2D eigenvalue weighted by molar-refractivity contribution is 7.89. The number of likely N-dealkylation sites (tertiary alicyclic amines) is 1. The van der Waals surface area contributed by atoms with Crippen LogP contribution in [0.5, 0.6) is 0 Å². The zero-order chi connectivity index (χ0) is 18.9. The number of aryl methyl sites for hydroxylation is 3. The molecule has 1 unspecified atom stereocenters. The fourth-order valence-electron chi connectivity index (χ4n) is 4.44. The zero-order valence-electron chi connectivity index (χ0n) is 16.0. The summed E-state index contributed by atoms with van der Waals surface area (Å²) < 4.78 is 30.9. The number of sulfonamides is 1. The monoisotopic (exact) mass is 387 g/mol. The summed E-state index contributed by atoms with van der Waals surface area (Å²) in [6.07, 6.45) is 8.78. The third-order valence-corrected chi connectivity index (χ3v) is 7.42. The molecule has 0 spiro atoms. The van der Waals surface area contributed by atoms with Gasteiger partial charge in [0, 0.05) is 25.5 Å². The molecule has 1 aliphatic carbocycles. The molecule has 2 aliphatic rings. The van der Waals surface area contributed by atoms with Crippen LogP contribution in [0.1, 0.15) is 48.5 Å². The van der Waals surface area contributed by atoms with Crippen LogP contribution in [0.4, 0.5) is 0 Å². The van der Waals surface area contributed by atoms with E-state index in [1.165, 1.54) is 30.4 Å². The molecule has 1 aliphatic heterocycles. The maximum Gasteiger partial charge on any atom is 0.240 e. The molecular formula is C21H29N3O2S. The first kappa shape index (κ1) is 18.7. The second-order valence-corrected chi connectivity index (χ2v) is 9.56. The lowest BCUT2D eigenvalue weighted by Gasteiger charge is -2.28. The van der Waals surface area contributed by atoms with Gasteiger partial charge in [-0.2, -0.15) is 0 Å². The maximum atomic E-state index is 13.0. The molecule has 1 atom stereocenters. The molecule has 0 radical (unpaired) electrons. The number of benzene rings is 1. The summed E-state index contributed by atoms with van der Waals surface area (Å²) >= 11 is 0. The number of nitrogens with zero attached hydrogens (tertiary/aromatic N) is 2. The van der Waals surface area contributed by atoms with Crippen molar-refractivity contribution in [3.8, 4) is 0 Å². The molecule has 6 heteroatoms. The summed E-state index contributed by atoms with van der Waals surface area (Å²) in [5, 5.41) is 0. The number of hydrogen-bond donors (Lipinski definition) is 1. The molecule has 1 fully saturated rings. The summed E-state index contributed by atoms with van der Waals surface area (Å²) in [5.74, 6) is 0. The Bertz CT molecular complexity index is 898. The van der Waals surface area contributed by atoms with E-state index in [1.807, 2.05) is 31.4 Å². The van der Waals surface area contributed by atoms with Crippen LogP contribution in [-0.4, -0.2) is 37.5 Å². The van der Waals surface area contributed by atoms with E-state index < -0.39 is 10.0 Å². The molecule has 1 N–H and O–H groups in total. The third-order valence-electron chi connectivity index (χ3n) is 6.00. The van der Waals surface area contributed by atoms with E-state index in [0.717, 1.165) is 38.0 Å². The Morgan fingerprint density at radius 3 is 2.48 bits per heavy atom. The average Bonchev–Trinajstić information content (AvgIpc) is 3.34. The first-order valence-corrected chi connectivity index (χ1v) is 11.5. The lowest BCUT2D eigenvalue weighted by Crippen LogP contribution is -2.37. The Labute approximate surface area is 162 Å². The van der Waals surface area contributed by atoms with Crippen LogP contribution >= 0.6 is 0 Å². The van der Waals surface area contributed by atoms with Crippen molar-refractivity contribution in [2.75, 3.05) is 19.6 Å². The molecule has 1 aromatic carbocycles. The second kappa shape index (κ2) is 7.78. The van der Waals surface area contributed by atoms with Crippen LogP contribution in [0, 0.1) is 0 Å². The molecule has 27 heavy (non-hydrogen) atoms. The molecule has 1 saturated heterocycles. The Morgan fingerprint density at radius 1 is 1.04 bits per heavy atom. The van der Waals surface area contributed by atoms with Gasteiger partial charge in [0.15, 0.2) is 0 Å². The van der Waals surface area contributed by atoms with Gasteiger partial charge in [-0.3, -0.25) is 4.90 Å². The van der Waals surface area contributed by atoms with Crippen molar-refractivity contribution in [2.24, 2.45) is 7.05 Å². The number of rotatable bonds is 6. The van der Waals surface area contributed by atoms with Gasteiger partial charge in [0.25, 0.3) is 0 Å². The van der Waals surface area contributed by atoms with Crippen molar-refractivity contribution in [1.82, 2.24) is 14.2 Å². The van der Waals surface area contributed by atoms with E-state index in [-0.39, 0.29) is 6.04 Å². The molecule has 146 valence electrons. The smallest absolute Gasteiger partial charge is 0.240 e. The normalized spacial score (nSPS) is 19.1. The fraction of sp³-hybridized carbons (Fsp3) is 0.524. The van der Waals surface area contributed by atoms with E-state index in [4.69, 9.17) is 0 Å². The fourth-order valence-corrected chi connectivity index (χ4v) is 5.53. The van der Waals surface area contributed by atoms with E-state index in [2.05, 4.69) is 20.3 Å². The topological polar surface area (TPSA) is 54.3 Å². The van der Waals surface area contributed by atoms with Gasteiger partial charge in [0.2, 0.25) is 10.0 Å². The lowest BCUT2D eigenvalue weighted by atomic mass is 9.92.